The van der Waals surface area contributed by atoms with E-state index in [2.05, 4.69) is 0 Å². The first-order valence-electron chi connectivity index (χ1n) is 6.41. The minimum Gasteiger partial charge on any atom is -0.449 e. The van der Waals surface area contributed by atoms with Crippen LogP contribution in [-0.4, -0.2) is 10.0 Å². The number of para-hydroxylation sites is 1. The second-order valence-electron chi connectivity index (χ2n) is 4.44. The summed E-state index contributed by atoms with van der Waals surface area (Å²) in [7, 11) is 0. The zero-order valence-corrected chi connectivity index (χ0v) is 12.1. The fourth-order valence-electron chi connectivity index (χ4n) is 1.85. The Balaban J connectivity index is 2.28. The van der Waals surface area contributed by atoms with Gasteiger partial charge >= 0.3 is 5.69 Å². The highest BCUT2D eigenvalue weighted by Gasteiger charge is 2.19. The number of benzene rings is 2. The smallest absolute Gasteiger partial charge is 0.313 e. The second-order valence-corrected chi connectivity index (χ2v) is 4.85. The minimum atomic E-state index is -0.545. The maximum absolute atomic E-state index is 11.0. The molecule has 0 amide bonds. The van der Waals surface area contributed by atoms with Crippen molar-refractivity contribution in [3.8, 4) is 11.5 Å². The molecule has 0 aliphatic rings. The highest BCUT2D eigenvalue weighted by molar-refractivity contribution is 6.32. The van der Waals surface area contributed by atoms with Crippen LogP contribution in [0, 0.1) is 10.1 Å². The molecule has 0 unspecified atom stereocenters. The molecule has 2 aromatic carbocycles. The summed E-state index contributed by atoms with van der Waals surface area (Å²) in [5.74, 6) is 0.422. The molecule has 0 aliphatic carbocycles. The molecule has 0 spiro atoms. The van der Waals surface area contributed by atoms with E-state index >= 15 is 0 Å². The lowest BCUT2D eigenvalue weighted by Crippen LogP contribution is -1.96. The van der Waals surface area contributed by atoms with Gasteiger partial charge in [-0.05, 0) is 30.2 Å². The maximum atomic E-state index is 11.0. The van der Waals surface area contributed by atoms with Crippen LogP contribution >= 0.6 is 11.6 Å². The summed E-state index contributed by atoms with van der Waals surface area (Å²) in [5.41, 5.74) is 0.568. The van der Waals surface area contributed by atoms with Crippen molar-refractivity contribution >= 4 is 17.3 Å². The first-order valence-corrected chi connectivity index (χ1v) is 6.79. The van der Waals surface area contributed by atoms with Gasteiger partial charge < -0.3 is 9.84 Å². The van der Waals surface area contributed by atoms with Crippen molar-refractivity contribution in [2.75, 3.05) is 0 Å². The monoisotopic (exact) mass is 307 g/mol. The van der Waals surface area contributed by atoms with Crippen LogP contribution in [-0.2, 0) is 0 Å². The Morgan fingerprint density at radius 2 is 1.95 bits per heavy atom. The van der Waals surface area contributed by atoms with Gasteiger partial charge in [-0.1, -0.05) is 36.7 Å². The lowest BCUT2D eigenvalue weighted by molar-refractivity contribution is -0.385. The number of aliphatic hydroxyl groups excluding tert-OH is 1. The average Bonchev–Trinajstić information content (AvgIpc) is 2.49. The summed E-state index contributed by atoms with van der Waals surface area (Å²) in [6, 6.07) is 11.1. The van der Waals surface area contributed by atoms with Gasteiger partial charge in [-0.2, -0.15) is 0 Å². The quantitative estimate of drug-likeness (QED) is 0.652. The Bertz CT molecular complexity index is 643. The molecule has 21 heavy (non-hydrogen) atoms. The normalized spacial score (nSPS) is 12.0. The molecule has 0 aromatic heterocycles. The number of halogens is 1. The number of rotatable bonds is 5. The van der Waals surface area contributed by atoms with E-state index in [0.717, 1.165) is 5.56 Å². The van der Waals surface area contributed by atoms with Gasteiger partial charge in [0.25, 0.3) is 0 Å². The van der Waals surface area contributed by atoms with Crippen molar-refractivity contribution in [1.29, 1.82) is 0 Å². The largest absolute Gasteiger partial charge is 0.449 e. The molecule has 110 valence electrons. The van der Waals surface area contributed by atoms with Gasteiger partial charge in [0.2, 0.25) is 5.75 Å². The highest BCUT2D eigenvalue weighted by Crippen LogP contribution is 2.37. The van der Waals surface area contributed by atoms with Crippen LogP contribution in [0.4, 0.5) is 5.69 Å². The highest BCUT2D eigenvalue weighted by atomic mass is 35.5. The summed E-state index contributed by atoms with van der Waals surface area (Å²) in [4.78, 5) is 10.4. The van der Waals surface area contributed by atoms with E-state index in [1.165, 1.54) is 18.2 Å². The first kappa shape index (κ1) is 15.3. The van der Waals surface area contributed by atoms with Gasteiger partial charge in [0.1, 0.15) is 5.75 Å². The van der Waals surface area contributed by atoms with Crippen LogP contribution in [0.25, 0.3) is 0 Å². The molecule has 0 bridgehead atoms. The molecule has 6 heteroatoms. The Kier molecular flexibility index (Phi) is 4.77. The minimum absolute atomic E-state index is 0.00737. The van der Waals surface area contributed by atoms with Gasteiger partial charge in [-0.25, -0.2) is 0 Å². The lowest BCUT2D eigenvalue weighted by atomic mass is 10.1. The topological polar surface area (TPSA) is 72.6 Å². The van der Waals surface area contributed by atoms with Crippen molar-refractivity contribution in [2.45, 2.75) is 19.4 Å². The number of aliphatic hydroxyl groups is 1. The van der Waals surface area contributed by atoms with E-state index in [0.29, 0.717) is 12.2 Å². The summed E-state index contributed by atoms with van der Waals surface area (Å²) >= 11 is 5.96. The predicted octanol–water partition coefficient (Wildman–Crippen LogP) is 4.48. The Morgan fingerprint density at radius 1 is 1.29 bits per heavy atom. The molecule has 0 radical (unpaired) electrons. The van der Waals surface area contributed by atoms with Crippen molar-refractivity contribution in [3.63, 3.8) is 0 Å². The van der Waals surface area contributed by atoms with E-state index in [1.54, 1.807) is 24.3 Å². The van der Waals surface area contributed by atoms with Crippen molar-refractivity contribution < 1.29 is 14.8 Å². The summed E-state index contributed by atoms with van der Waals surface area (Å²) in [6.45, 7) is 1.88. The summed E-state index contributed by atoms with van der Waals surface area (Å²) < 4.78 is 5.51. The van der Waals surface area contributed by atoms with E-state index in [1.807, 2.05) is 6.92 Å². The molecule has 1 N–H and O–H groups in total. The zero-order chi connectivity index (χ0) is 15.4. The molecular weight excluding hydrogens is 294 g/mol. The summed E-state index contributed by atoms with van der Waals surface area (Å²) in [5, 5.41) is 20.9. The summed E-state index contributed by atoms with van der Waals surface area (Å²) in [6.07, 6.45) is 0.0737. The van der Waals surface area contributed by atoms with Crippen LogP contribution in [0.2, 0.25) is 5.02 Å². The molecule has 0 aliphatic heterocycles. The van der Waals surface area contributed by atoms with E-state index < -0.39 is 11.0 Å². The van der Waals surface area contributed by atoms with Crippen LogP contribution in [0.5, 0.6) is 11.5 Å². The second kappa shape index (κ2) is 6.56. The number of nitro groups is 1. The number of nitrogens with zero attached hydrogens (tertiary/aromatic N) is 1. The van der Waals surface area contributed by atoms with Crippen LogP contribution in [0.1, 0.15) is 25.0 Å². The van der Waals surface area contributed by atoms with Crippen molar-refractivity contribution in [3.05, 3.63) is 63.2 Å². The predicted molar refractivity (Wildman–Crippen MR) is 79.9 cm³/mol. The fourth-order valence-corrected chi connectivity index (χ4v) is 2.06. The van der Waals surface area contributed by atoms with Gasteiger partial charge in [-0.3, -0.25) is 10.1 Å². The molecule has 0 fully saturated rings. The van der Waals surface area contributed by atoms with E-state index in [4.69, 9.17) is 16.3 Å². The van der Waals surface area contributed by atoms with Crippen LogP contribution in [0.15, 0.2) is 42.5 Å². The standard InChI is InChI=1S/C15H14ClNO4/c1-2-14(18)10-6-8-11(9-7-10)21-15-12(16)4-3-5-13(15)17(19)20/h3-9,14,18H,2H2,1H3/t14-/m1/s1. The molecule has 0 saturated heterocycles. The first-order chi connectivity index (χ1) is 10.0. The van der Waals surface area contributed by atoms with E-state index in [9.17, 15) is 15.2 Å². The molecular formula is C15H14ClNO4. The third kappa shape index (κ3) is 3.51. The van der Waals surface area contributed by atoms with Gasteiger partial charge in [0.05, 0.1) is 16.0 Å². The average molecular weight is 308 g/mol. The Hall–Kier alpha value is -2.11. The number of hydrogen-bond donors (Lipinski definition) is 1. The van der Waals surface area contributed by atoms with Crippen LogP contribution < -0.4 is 4.74 Å². The third-order valence-electron chi connectivity index (χ3n) is 3.01. The molecule has 1 atom stereocenters. The fraction of sp³-hybridized carbons (Fsp3) is 0.200. The van der Waals surface area contributed by atoms with Crippen molar-refractivity contribution in [1.82, 2.24) is 0 Å². The zero-order valence-electron chi connectivity index (χ0n) is 11.3. The molecule has 0 heterocycles. The SMILES string of the molecule is CC[C@@H](O)c1ccc(Oc2c(Cl)cccc2[N+](=O)[O-])cc1. The van der Waals surface area contributed by atoms with Crippen LogP contribution in [0.3, 0.4) is 0 Å². The van der Waals surface area contributed by atoms with Gasteiger partial charge in [-0.15, -0.1) is 0 Å². The van der Waals surface area contributed by atoms with Gasteiger partial charge in [0, 0.05) is 6.07 Å². The number of nitro benzene ring substituents is 1. The molecule has 5 nitrogen and oxygen atoms in total. The molecule has 0 saturated carbocycles. The third-order valence-corrected chi connectivity index (χ3v) is 3.31. The van der Waals surface area contributed by atoms with Gasteiger partial charge in [0.15, 0.2) is 0 Å². The lowest BCUT2D eigenvalue weighted by Gasteiger charge is -2.11. The maximum Gasteiger partial charge on any atom is 0.313 e. The number of hydrogen-bond acceptors (Lipinski definition) is 4. The molecule has 2 rings (SSSR count). The van der Waals surface area contributed by atoms with Crippen molar-refractivity contribution in [2.24, 2.45) is 0 Å². The number of ether oxygens (including phenoxy) is 1. The molecule has 2 aromatic rings. The Labute approximate surface area is 126 Å². The Morgan fingerprint density at radius 3 is 2.52 bits per heavy atom. The van der Waals surface area contributed by atoms with E-state index in [-0.39, 0.29) is 16.5 Å².